The van der Waals surface area contributed by atoms with Crippen molar-refractivity contribution in [2.24, 2.45) is 0 Å². The number of morpholine rings is 1. The van der Waals surface area contributed by atoms with Crippen molar-refractivity contribution in [2.75, 3.05) is 37.9 Å². The molecular weight excluding hydrogens is 188 g/mol. The van der Waals surface area contributed by atoms with E-state index in [0.717, 1.165) is 32.8 Å². The van der Waals surface area contributed by atoms with E-state index in [1.807, 2.05) is 0 Å². The Hall–Kier alpha value is -1.06. The molecule has 3 nitrogen and oxygen atoms in total. The van der Waals surface area contributed by atoms with Gasteiger partial charge in [-0.05, 0) is 19.1 Å². The fourth-order valence-corrected chi connectivity index (χ4v) is 1.94. The van der Waals surface area contributed by atoms with Gasteiger partial charge in [-0.15, -0.1) is 0 Å². The summed E-state index contributed by atoms with van der Waals surface area (Å²) in [6.07, 6.45) is 0. The molecule has 0 saturated carbocycles. The lowest BCUT2D eigenvalue weighted by molar-refractivity contribution is 0.0322. The number of rotatable bonds is 3. The third-order valence-corrected chi connectivity index (χ3v) is 2.68. The highest BCUT2D eigenvalue weighted by Gasteiger charge is 2.16. The van der Waals surface area contributed by atoms with Gasteiger partial charge in [0.1, 0.15) is 0 Å². The number of nitrogens with zero attached hydrogens (tertiary/aromatic N) is 2. The molecule has 0 atom stereocenters. The molecule has 1 heterocycles. The van der Waals surface area contributed by atoms with E-state index in [1.54, 1.807) is 0 Å². The van der Waals surface area contributed by atoms with Crippen molar-refractivity contribution in [2.45, 2.75) is 6.92 Å². The van der Waals surface area contributed by atoms with Crippen molar-refractivity contribution in [3.05, 3.63) is 30.3 Å². The van der Waals surface area contributed by atoms with E-state index < -0.39 is 0 Å². The molecule has 0 unspecified atom stereocenters. The van der Waals surface area contributed by atoms with Gasteiger partial charge in [-0.3, -0.25) is 0 Å². The van der Waals surface area contributed by atoms with Gasteiger partial charge in [0.05, 0.1) is 18.9 Å². The molecule has 0 radical (unpaired) electrons. The van der Waals surface area contributed by atoms with Crippen molar-refractivity contribution in [1.29, 1.82) is 0 Å². The van der Waals surface area contributed by atoms with Crippen LogP contribution in [0.3, 0.4) is 0 Å². The third-order valence-electron chi connectivity index (χ3n) is 2.68. The van der Waals surface area contributed by atoms with Crippen LogP contribution in [-0.2, 0) is 4.74 Å². The molecular formula is C12H18N2O. The SMILES string of the molecule is CCN(c1ccccc1)N1CCOCC1. The molecule has 0 spiro atoms. The van der Waals surface area contributed by atoms with Crippen molar-refractivity contribution < 1.29 is 4.74 Å². The summed E-state index contributed by atoms with van der Waals surface area (Å²) in [4.78, 5) is 0. The maximum atomic E-state index is 5.36. The van der Waals surface area contributed by atoms with E-state index in [0.29, 0.717) is 0 Å². The van der Waals surface area contributed by atoms with E-state index in [-0.39, 0.29) is 0 Å². The molecule has 1 aromatic rings. The zero-order valence-electron chi connectivity index (χ0n) is 9.22. The first-order valence-electron chi connectivity index (χ1n) is 5.57. The van der Waals surface area contributed by atoms with Gasteiger partial charge in [0.2, 0.25) is 0 Å². The lowest BCUT2D eigenvalue weighted by atomic mass is 10.3. The molecule has 1 saturated heterocycles. The fourth-order valence-electron chi connectivity index (χ4n) is 1.94. The van der Waals surface area contributed by atoms with Gasteiger partial charge in [-0.25, -0.2) is 5.01 Å². The lowest BCUT2D eigenvalue weighted by Crippen LogP contribution is -2.48. The van der Waals surface area contributed by atoms with E-state index in [1.165, 1.54) is 5.69 Å². The monoisotopic (exact) mass is 206 g/mol. The molecule has 0 bridgehead atoms. The number of hydrogen-bond donors (Lipinski definition) is 0. The summed E-state index contributed by atoms with van der Waals surface area (Å²) in [5, 5.41) is 4.68. The number of benzene rings is 1. The molecule has 15 heavy (non-hydrogen) atoms. The summed E-state index contributed by atoms with van der Waals surface area (Å²) in [5.41, 5.74) is 1.27. The van der Waals surface area contributed by atoms with E-state index in [2.05, 4.69) is 47.3 Å². The van der Waals surface area contributed by atoms with Gasteiger partial charge >= 0.3 is 0 Å². The molecule has 82 valence electrons. The number of hydrogen-bond acceptors (Lipinski definition) is 3. The number of hydrazine groups is 1. The quantitative estimate of drug-likeness (QED) is 0.749. The van der Waals surface area contributed by atoms with Crippen LogP contribution < -0.4 is 5.01 Å². The Labute approximate surface area is 91.2 Å². The maximum Gasteiger partial charge on any atom is 0.0612 e. The molecule has 2 rings (SSSR count). The van der Waals surface area contributed by atoms with Gasteiger partial charge in [0.15, 0.2) is 0 Å². The van der Waals surface area contributed by atoms with Crippen LogP contribution in [0.25, 0.3) is 0 Å². The lowest BCUT2D eigenvalue weighted by Gasteiger charge is -2.38. The van der Waals surface area contributed by atoms with Gasteiger partial charge < -0.3 is 9.75 Å². The van der Waals surface area contributed by atoms with Gasteiger partial charge in [-0.2, -0.15) is 0 Å². The van der Waals surface area contributed by atoms with Crippen molar-refractivity contribution in [3.8, 4) is 0 Å². The minimum Gasteiger partial charge on any atom is -0.379 e. The second-order valence-corrected chi connectivity index (χ2v) is 3.62. The van der Waals surface area contributed by atoms with E-state index >= 15 is 0 Å². The summed E-state index contributed by atoms with van der Waals surface area (Å²) in [5.74, 6) is 0. The van der Waals surface area contributed by atoms with Crippen LogP contribution in [0.15, 0.2) is 30.3 Å². The van der Waals surface area contributed by atoms with Crippen LogP contribution in [0.1, 0.15) is 6.92 Å². The van der Waals surface area contributed by atoms with Crippen LogP contribution in [0.4, 0.5) is 5.69 Å². The summed E-state index contributed by atoms with van der Waals surface area (Å²) < 4.78 is 5.36. The van der Waals surface area contributed by atoms with Crippen molar-refractivity contribution in [3.63, 3.8) is 0 Å². The molecule has 3 heteroatoms. The average molecular weight is 206 g/mol. The van der Waals surface area contributed by atoms with Crippen LogP contribution in [0, 0.1) is 0 Å². The molecule has 0 aromatic heterocycles. The smallest absolute Gasteiger partial charge is 0.0612 e. The maximum absolute atomic E-state index is 5.36. The summed E-state index contributed by atoms with van der Waals surface area (Å²) in [7, 11) is 0. The Morgan fingerprint density at radius 1 is 1.20 bits per heavy atom. The topological polar surface area (TPSA) is 15.7 Å². The van der Waals surface area contributed by atoms with E-state index in [4.69, 9.17) is 4.74 Å². The predicted molar refractivity (Wildman–Crippen MR) is 61.9 cm³/mol. The molecule has 0 amide bonds. The van der Waals surface area contributed by atoms with Crippen LogP contribution in [0.5, 0.6) is 0 Å². The Kier molecular flexibility index (Phi) is 3.59. The first kappa shape index (κ1) is 10.5. The zero-order valence-corrected chi connectivity index (χ0v) is 9.22. The number of para-hydroxylation sites is 1. The molecule has 0 N–H and O–H groups in total. The van der Waals surface area contributed by atoms with Crippen molar-refractivity contribution in [1.82, 2.24) is 5.01 Å². The van der Waals surface area contributed by atoms with Crippen LogP contribution in [0.2, 0.25) is 0 Å². The van der Waals surface area contributed by atoms with Gasteiger partial charge in [-0.1, -0.05) is 18.2 Å². The third kappa shape index (κ3) is 2.49. The fraction of sp³-hybridized carbons (Fsp3) is 0.500. The van der Waals surface area contributed by atoms with Gasteiger partial charge in [0, 0.05) is 19.6 Å². The number of anilines is 1. The molecule has 1 aliphatic rings. The minimum atomic E-state index is 0.837. The highest BCUT2D eigenvalue weighted by Crippen LogP contribution is 2.16. The highest BCUT2D eigenvalue weighted by molar-refractivity contribution is 5.44. The Balaban J connectivity index is 2.09. The summed E-state index contributed by atoms with van der Waals surface area (Å²) in [6, 6.07) is 10.5. The summed E-state index contributed by atoms with van der Waals surface area (Å²) >= 11 is 0. The Morgan fingerprint density at radius 2 is 1.87 bits per heavy atom. The molecule has 1 aromatic carbocycles. The van der Waals surface area contributed by atoms with Crippen LogP contribution >= 0.6 is 0 Å². The minimum absolute atomic E-state index is 0.837. The van der Waals surface area contributed by atoms with Crippen molar-refractivity contribution >= 4 is 5.69 Å². The largest absolute Gasteiger partial charge is 0.379 e. The number of ether oxygens (including phenoxy) is 1. The Bertz CT molecular complexity index is 283. The zero-order chi connectivity index (χ0) is 10.5. The molecule has 1 aliphatic heterocycles. The van der Waals surface area contributed by atoms with E-state index in [9.17, 15) is 0 Å². The summed E-state index contributed by atoms with van der Waals surface area (Å²) in [6.45, 7) is 6.84. The predicted octanol–water partition coefficient (Wildman–Crippen LogP) is 1.76. The Morgan fingerprint density at radius 3 is 2.47 bits per heavy atom. The second kappa shape index (κ2) is 5.14. The average Bonchev–Trinajstić information content (AvgIpc) is 2.33. The van der Waals surface area contributed by atoms with Crippen LogP contribution in [-0.4, -0.2) is 37.9 Å². The standard InChI is InChI=1S/C12H18N2O/c1-2-14(12-6-4-3-5-7-12)13-8-10-15-11-9-13/h3-7H,2,8-11H2,1H3. The second-order valence-electron chi connectivity index (χ2n) is 3.62. The van der Waals surface area contributed by atoms with Gasteiger partial charge in [0.25, 0.3) is 0 Å². The molecule has 0 aliphatic carbocycles. The first-order chi connectivity index (χ1) is 7.42. The highest BCUT2D eigenvalue weighted by atomic mass is 16.5. The normalized spacial score (nSPS) is 17.7. The first-order valence-corrected chi connectivity index (χ1v) is 5.57. The molecule has 1 fully saturated rings.